The largest absolute Gasteiger partial charge is 0.484 e. The molecule has 0 unspecified atom stereocenters. The van der Waals surface area contributed by atoms with Gasteiger partial charge in [0.2, 0.25) is 10.0 Å². The van der Waals surface area contributed by atoms with Crippen molar-refractivity contribution in [2.45, 2.75) is 18.2 Å². The number of hydrogen-bond acceptors (Lipinski definition) is 5. The quantitative estimate of drug-likeness (QED) is 0.759. The average Bonchev–Trinajstić information content (AvgIpc) is 2.93. The first-order chi connectivity index (χ1) is 12.9. The molecule has 2 heterocycles. The molecular weight excluding hydrogens is 368 g/mol. The number of ether oxygens (including phenoxy) is 1. The van der Waals surface area contributed by atoms with Gasteiger partial charge in [0.05, 0.1) is 6.20 Å². The molecule has 1 amide bonds. The Morgan fingerprint density at radius 2 is 1.89 bits per heavy atom. The molecule has 0 saturated carbocycles. The van der Waals surface area contributed by atoms with Crippen LogP contribution in [-0.2, 0) is 21.9 Å². The van der Waals surface area contributed by atoms with Crippen molar-refractivity contribution in [3.63, 3.8) is 0 Å². The number of sulfonamides is 1. The number of aryl methyl sites for hydroxylation is 2. The van der Waals surface area contributed by atoms with Gasteiger partial charge in [0.1, 0.15) is 10.6 Å². The van der Waals surface area contributed by atoms with Gasteiger partial charge < -0.3 is 9.64 Å². The van der Waals surface area contributed by atoms with Crippen LogP contribution in [0.5, 0.6) is 5.75 Å². The van der Waals surface area contributed by atoms with E-state index in [4.69, 9.17) is 4.74 Å². The van der Waals surface area contributed by atoms with Crippen LogP contribution in [0.1, 0.15) is 12.0 Å². The van der Waals surface area contributed by atoms with Crippen LogP contribution in [0.2, 0.25) is 0 Å². The van der Waals surface area contributed by atoms with E-state index in [1.54, 1.807) is 11.9 Å². The Balaban J connectivity index is 1.57. The van der Waals surface area contributed by atoms with Gasteiger partial charge in [-0.25, -0.2) is 8.42 Å². The first kappa shape index (κ1) is 19.4. The minimum atomic E-state index is -3.59. The Morgan fingerprint density at radius 1 is 1.15 bits per heavy atom. The van der Waals surface area contributed by atoms with Crippen molar-refractivity contribution in [2.75, 3.05) is 32.8 Å². The van der Waals surface area contributed by atoms with Crippen molar-refractivity contribution in [3.05, 3.63) is 42.2 Å². The molecule has 0 atom stereocenters. The molecule has 1 aliphatic rings. The highest BCUT2D eigenvalue weighted by Crippen LogP contribution is 2.17. The van der Waals surface area contributed by atoms with Crippen molar-refractivity contribution in [1.82, 2.24) is 19.0 Å². The second-order valence-corrected chi connectivity index (χ2v) is 8.53. The third-order valence-corrected chi connectivity index (χ3v) is 6.36. The fraction of sp³-hybridized carbons (Fsp3) is 0.444. The molecule has 0 N–H and O–H groups in total. The number of carbonyl (C=O) groups is 1. The number of carbonyl (C=O) groups excluding carboxylic acids is 1. The van der Waals surface area contributed by atoms with Crippen molar-refractivity contribution < 1.29 is 17.9 Å². The van der Waals surface area contributed by atoms with E-state index in [0.29, 0.717) is 31.8 Å². The lowest BCUT2D eigenvalue weighted by Gasteiger charge is -2.21. The highest BCUT2D eigenvalue weighted by Gasteiger charge is 2.29. The molecule has 8 nitrogen and oxygen atoms in total. The maximum atomic E-state index is 12.7. The summed E-state index contributed by atoms with van der Waals surface area (Å²) in [5.74, 6) is 0.501. The molecule has 0 radical (unpaired) electrons. The van der Waals surface area contributed by atoms with Crippen LogP contribution in [0.15, 0.2) is 41.6 Å². The van der Waals surface area contributed by atoms with Gasteiger partial charge >= 0.3 is 0 Å². The molecule has 0 aliphatic carbocycles. The highest BCUT2D eigenvalue weighted by molar-refractivity contribution is 7.89. The van der Waals surface area contributed by atoms with Gasteiger partial charge in [-0.2, -0.15) is 9.40 Å². The number of hydrogen-bond donors (Lipinski definition) is 0. The summed E-state index contributed by atoms with van der Waals surface area (Å²) in [6.07, 6.45) is 3.41. The van der Waals surface area contributed by atoms with E-state index in [1.165, 1.54) is 21.4 Å². The predicted octanol–water partition coefficient (Wildman–Crippen LogP) is 1.03. The fourth-order valence-electron chi connectivity index (χ4n) is 2.94. The first-order valence-electron chi connectivity index (χ1n) is 8.82. The molecule has 27 heavy (non-hydrogen) atoms. The molecule has 1 aromatic carbocycles. The number of nitrogens with zero attached hydrogens (tertiary/aromatic N) is 4. The topological polar surface area (TPSA) is 84.7 Å². The van der Waals surface area contributed by atoms with Crippen LogP contribution in [0.4, 0.5) is 0 Å². The van der Waals surface area contributed by atoms with E-state index >= 15 is 0 Å². The van der Waals surface area contributed by atoms with Crippen LogP contribution in [0.25, 0.3) is 0 Å². The summed E-state index contributed by atoms with van der Waals surface area (Å²) in [6.45, 7) is 3.41. The van der Waals surface area contributed by atoms with Gasteiger partial charge in [-0.15, -0.1) is 0 Å². The molecule has 1 aliphatic heterocycles. The zero-order valence-electron chi connectivity index (χ0n) is 15.5. The summed E-state index contributed by atoms with van der Waals surface area (Å²) < 4.78 is 33.9. The molecular formula is C18H24N4O4S. The molecule has 3 rings (SSSR count). The summed E-state index contributed by atoms with van der Waals surface area (Å²) in [6, 6.07) is 7.50. The highest BCUT2D eigenvalue weighted by atomic mass is 32.2. The van der Waals surface area contributed by atoms with Crippen molar-refractivity contribution in [3.8, 4) is 5.75 Å². The predicted molar refractivity (Wildman–Crippen MR) is 99.8 cm³/mol. The smallest absolute Gasteiger partial charge is 0.260 e. The molecule has 0 spiro atoms. The zero-order chi connectivity index (χ0) is 19.4. The second-order valence-electron chi connectivity index (χ2n) is 6.59. The lowest BCUT2D eigenvalue weighted by molar-refractivity contribution is -0.133. The molecule has 1 fully saturated rings. The van der Waals surface area contributed by atoms with Crippen LogP contribution in [0.3, 0.4) is 0 Å². The molecule has 1 aromatic heterocycles. The minimum absolute atomic E-state index is 0.0571. The van der Waals surface area contributed by atoms with E-state index in [-0.39, 0.29) is 24.0 Å². The van der Waals surface area contributed by atoms with E-state index < -0.39 is 10.0 Å². The van der Waals surface area contributed by atoms with Gasteiger partial charge in [0, 0.05) is 39.4 Å². The van der Waals surface area contributed by atoms with Gasteiger partial charge in [-0.05, 0) is 25.5 Å². The van der Waals surface area contributed by atoms with E-state index in [0.717, 1.165) is 5.56 Å². The Bertz CT molecular complexity index is 892. The van der Waals surface area contributed by atoms with Gasteiger partial charge in [0.25, 0.3) is 5.91 Å². The van der Waals surface area contributed by atoms with Gasteiger partial charge in [-0.3, -0.25) is 9.48 Å². The van der Waals surface area contributed by atoms with E-state index in [2.05, 4.69) is 5.10 Å². The summed E-state index contributed by atoms with van der Waals surface area (Å²) in [4.78, 5) is 14.3. The van der Waals surface area contributed by atoms with Crippen LogP contribution >= 0.6 is 0 Å². The number of aromatic nitrogens is 2. The normalized spacial score (nSPS) is 16.1. The Morgan fingerprint density at radius 3 is 2.56 bits per heavy atom. The van der Waals surface area contributed by atoms with Gasteiger partial charge in [0.15, 0.2) is 6.61 Å². The average molecular weight is 392 g/mol. The van der Waals surface area contributed by atoms with Crippen molar-refractivity contribution >= 4 is 15.9 Å². The number of rotatable bonds is 5. The third kappa shape index (κ3) is 4.67. The summed E-state index contributed by atoms with van der Waals surface area (Å²) in [5.41, 5.74) is 1.12. The van der Waals surface area contributed by atoms with E-state index in [9.17, 15) is 13.2 Å². The number of amides is 1. The lowest BCUT2D eigenvalue weighted by atomic mass is 10.2. The summed E-state index contributed by atoms with van der Waals surface area (Å²) in [7, 11) is -1.92. The molecule has 1 saturated heterocycles. The minimum Gasteiger partial charge on any atom is -0.484 e. The Hall–Kier alpha value is -2.39. The summed E-state index contributed by atoms with van der Waals surface area (Å²) in [5, 5.41) is 3.93. The fourth-order valence-corrected chi connectivity index (χ4v) is 4.39. The molecule has 146 valence electrons. The van der Waals surface area contributed by atoms with Crippen LogP contribution in [-0.4, -0.2) is 66.1 Å². The van der Waals surface area contributed by atoms with Crippen LogP contribution in [0, 0.1) is 6.92 Å². The Kier molecular flexibility index (Phi) is 5.81. The first-order valence-corrected chi connectivity index (χ1v) is 10.3. The third-order valence-electron chi connectivity index (χ3n) is 4.51. The number of benzene rings is 1. The maximum Gasteiger partial charge on any atom is 0.260 e. The lowest BCUT2D eigenvalue weighted by Crippen LogP contribution is -2.39. The maximum absolute atomic E-state index is 12.7. The van der Waals surface area contributed by atoms with E-state index in [1.807, 2.05) is 31.2 Å². The molecule has 2 aromatic rings. The standard InChI is InChI=1S/C18H24N4O4S/c1-15-4-6-16(7-5-15)26-14-18(23)21-8-3-9-22(11-10-21)27(24,25)17-12-19-20(2)13-17/h4-7,12-13H,3,8-11,14H2,1-2H3. The monoisotopic (exact) mass is 392 g/mol. The Labute approximate surface area is 159 Å². The van der Waals surface area contributed by atoms with Crippen molar-refractivity contribution in [2.24, 2.45) is 7.05 Å². The molecule has 0 bridgehead atoms. The van der Waals surface area contributed by atoms with Gasteiger partial charge in [-0.1, -0.05) is 17.7 Å². The zero-order valence-corrected chi connectivity index (χ0v) is 16.4. The molecule has 9 heteroatoms. The summed E-state index contributed by atoms with van der Waals surface area (Å²) >= 11 is 0. The van der Waals surface area contributed by atoms with Crippen molar-refractivity contribution in [1.29, 1.82) is 0 Å². The second kappa shape index (κ2) is 8.10. The van der Waals surface area contributed by atoms with Crippen LogP contribution < -0.4 is 4.74 Å². The SMILES string of the molecule is Cc1ccc(OCC(=O)N2CCCN(S(=O)(=O)c3cnn(C)c3)CC2)cc1.